The maximum atomic E-state index is 13.4. The maximum absolute atomic E-state index is 13.4. The van der Waals surface area contributed by atoms with Gasteiger partial charge in [0, 0.05) is 18.4 Å². The Morgan fingerprint density at radius 3 is 2.02 bits per heavy atom. The molecule has 4 aromatic carbocycles. The van der Waals surface area contributed by atoms with E-state index < -0.39 is 40.6 Å². The molecule has 3 amide bonds. The number of carbonyl (C=O) groups is 3. The van der Waals surface area contributed by atoms with E-state index in [0.29, 0.717) is 0 Å². The lowest BCUT2D eigenvalue weighted by molar-refractivity contribution is -0.386. The second-order valence-electron chi connectivity index (χ2n) is 11.8. The summed E-state index contributed by atoms with van der Waals surface area (Å²) in [6.45, 7) is 4.55. The van der Waals surface area contributed by atoms with Crippen LogP contribution in [0.25, 0.3) is 11.1 Å². The van der Waals surface area contributed by atoms with Gasteiger partial charge in [-0.25, -0.2) is 4.79 Å². The van der Waals surface area contributed by atoms with Crippen LogP contribution >= 0.6 is 0 Å². The van der Waals surface area contributed by atoms with E-state index in [0.717, 1.165) is 27.8 Å². The highest BCUT2D eigenvalue weighted by Gasteiger charge is 2.35. The third kappa shape index (κ3) is 7.75. The van der Waals surface area contributed by atoms with E-state index in [-0.39, 0.29) is 30.4 Å². The lowest BCUT2D eigenvalue weighted by Crippen LogP contribution is -2.58. The highest BCUT2D eigenvalue weighted by Crippen LogP contribution is 2.44. The molecule has 2 atom stereocenters. The van der Waals surface area contributed by atoms with Crippen LogP contribution in [0, 0.1) is 10.1 Å². The molecule has 1 aliphatic carbocycles. The molecular formula is C36H36N4O7. The fourth-order valence-corrected chi connectivity index (χ4v) is 5.51. The minimum atomic E-state index is -1.54. The molecule has 0 fully saturated rings. The Hall–Kier alpha value is -5.71. The molecule has 0 saturated carbocycles. The molecule has 0 saturated heterocycles. The number of nitro benzene ring substituents is 1. The molecule has 0 bridgehead atoms. The first-order valence-corrected chi connectivity index (χ1v) is 15.2. The molecule has 11 heteroatoms. The summed E-state index contributed by atoms with van der Waals surface area (Å²) in [6.07, 6.45) is -1.44. The zero-order valence-electron chi connectivity index (χ0n) is 26.3. The number of nitro groups is 1. The zero-order chi connectivity index (χ0) is 33.6. The number of ether oxygens (including phenoxy) is 2. The third-order valence-electron chi connectivity index (χ3n) is 7.95. The number of rotatable bonds is 12. The maximum Gasteiger partial charge on any atom is 0.407 e. The molecule has 47 heavy (non-hydrogen) atoms. The summed E-state index contributed by atoms with van der Waals surface area (Å²) in [5.74, 6) is -1.38. The van der Waals surface area contributed by atoms with Crippen LogP contribution < -0.4 is 20.7 Å². The van der Waals surface area contributed by atoms with Crippen molar-refractivity contribution in [2.45, 2.75) is 50.9 Å². The number of para-hydroxylation sites is 2. The van der Waals surface area contributed by atoms with Crippen molar-refractivity contribution in [3.8, 4) is 16.9 Å². The van der Waals surface area contributed by atoms with E-state index in [9.17, 15) is 24.5 Å². The molecule has 0 radical (unpaired) electrons. The standard InChI is InChI=1S/C36H36N4O7/c1-23(37-35(43)46-22-29-27-17-9-7-15-25(27)26-16-8-10-18-28(26)29)33(41)38-32(21-24-13-5-4-6-14-24)39-34(42)36(2,3)47-31-20-12-11-19-30(31)40(44)45/h4-20,23,29,32H,21-22H2,1-3H3,(H,37,43)(H,38,41)(H,39,42)/t23-,32?/m0/s1. The highest BCUT2D eigenvalue weighted by atomic mass is 16.6. The van der Waals surface area contributed by atoms with Crippen molar-refractivity contribution in [3.63, 3.8) is 0 Å². The molecule has 5 rings (SSSR count). The van der Waals surface area contributed by atoms with Crippen molar-refractivity contribution in [2.24, 2.45) is 0 Å². The van der Waals surface area contributed by atoms with Gasteiger partial charge in [0.2, 0.25) is 5.91 Å². The molecule has 242 valence electrons. The highest BCUT2D eigenvalue weighted by molar-refractivity contribution is 5.88. The summed E-state index contributed by atoms with van der Waals surface area (Å²) < 4.78 is 11.4. The summed E-state index contributed by atoms with van der Waals surface area (Å²) in [4.78, 5) is 50.4. The van der Waals surface area contributed by atoms with Crippen molar-refractivity contribution in [1.29, 1.82) is 0 Å². The number of nitrogens with zero attached hydrogens (tertiary/aromatic N) is 1. The number of carbonyl (C=O) groups excluding carboxylic acids is 3. The quantitative estimate of drug-likeness (QED) is 0.106. The topological polar surface area (TPSA) is 149 Å². The summed E-state index contributed by atoms with van der Waals surface area (Å²) in [5.41, 5.74) is 3.35. The van der Waals surface area contributed by atoms with Crippen LogP contribution in [0.4, 0.5) is 10.5 Å². The predicted octanol–water partition coefficient (Wildman–Crippen LogP) is 5.48. The average molecular weight is 637 g/mol. The molecule has 0 aliphatic heterocycles. The van der Waals surface area contributed by atoms with E-state index >= 15 is 0 Å². The molecule has 0 aromatic heterocycles. The van der Waals surface area contributed by atoms with Crippen molar-refractivity contribution in [2.75, 3.05) is 6.61 Å². The Labute approximate surface area is 272 Å². The number of nitrogens with one attached hydrogen (secondary N) is 3. The molecule has 1 unspecified atom stereocenters. The van der Waals surface area contributed by atoms with Crippen LogP contribution in [0.3, 0.4) is 0 Å². The number of hydrogen-bond acceptors (Lipinski definition) is 7. The summed E-state index contributed by atoms with van der Waals surface area (Å²) in [7, 11) is 0. The van der Waals surface area contributed by atoms with Crippen molar-refractivity contribution < 1.29 is 28.8 Å². The van der Waals surface area contributed by atoms with Crippen LogP contribution in [0.5, 0.6) is 5.75 Å². The van der Waals surface area contributed by atoms with Gasteiger partial charge in [0.25, 0.3) is 5.91 Å². The number of amides is 3. The number of fused-ring (bicyclic) bond motifs is 3. The van der Waals surface area contributed by atoms with Gasteiger partial charge in [-0.2, -0.15) is 0 Å². The van der Waals surface area contributed by atoms with Crippen LogP contribution in [0.15, 0.2) is 103 Å². The first-order chi connectivity index (χ1) is 22.5. The Morgan fingerprint density at radius 1 is 0.809 bits per heavy atom. The molecule has 11 nitrogen and oxygen atoms in total. The number of benzene rings is 4. The summed E-state index contributed by atoms with van der Waals surface area (Å²) in [5, 5.41) is 19.6. The first kappa shape index (κ1) is 32.7. The van der Waals surface area contributed by atoms with Gasteiger partial charge in [-0.3, -0.25) is 19.7 Å². The van der Waals surface area contributed by atoms with E-state index in [1.165, 1.54) is 39.0 Å². The minimum absolute atomic E-state index is 0.0674. The molecule has 1 aliphatic rings. The monoisotopic (exact) mass is 636 g/mol. The molecule has 0 heterocycles. The van der Waals surface area contributed by atoms with Gasteiger partial charge < -0.3 is 25.4 Å². The lowest BCUT2D eigenvalue weighted by Gasteiger charge is -2.29. The summed E-state index contributed by atoms with van der Waals surface area (Å²) in [6, 6.07) is 29.9. The Kier molecular flexibility index (Phi) is 9.84. The van der Waals surface area contributed by atoms with E-state index in [4.69, 9.17) is 9.47 Å². The largest absolute Gasteiger partial charge is 0.471 e. The minimum Gasteiger partial charge on any atom is -0.471 e. The smallest absolute Gasteiger partial charge is 0.407 e. The van der Waals surface area contributed by atoms with Crippen LogP contribution in [0.2, 0.25) is 0 Å². The van der Waals surface area contributed by atoms with E-state index in [2.05, 4.69) is 16.0 Å². The first-order valence-electron chi connectivity index (χ1n) is 15.2. The molecule has 0 spiro atoms. The van der Waals surface area contributed by atoms with Gasteiger partial charge >= 0.3 is 11.8 Å². The van der Waals surface area contributed by atoms with Crippen molar-refractivity contribution >= 4 is 23.6 Å². The Balaban J connectivity index is 1.22. The van der Waals surface area contributed by atoms with Crippen LogP contribution in [0.1, 0.15) is 43.4 Å². The van der Waals surface area contributed by atoms with Gasteiger partial charge in [-0.1, -0.05) is 91.0 Å². The normalized spacial score (nSPS) is 13.3. The zero-order valence-corrected chi connectivity index (χ0v) is 26.3. The van der Waals surface area contributed by atoms with E-state index in [1.807, 2.05) is 78.9 Å². The van der Waals surface area contributed by atoms with Gasteiger partial charge in [0.1, 0.15) is 18.8 Å². The molecule has 4 aromatic rings. The fraction of sp³-hybridized carbons (Fsp3) is 0.250. The van der Waals surface area contributed by atoms with Gasteiger partial charge in [-0.05, 0) is 54.7 Å². The fourth-order valence-electron chi connectivity index (χ4n) is 5.51. The average Bonchev–Trinajstić information content (AvgIpc) is 3.37. The molecule has 3 N–H and O–H groups in total. The second-order valence-corrected chi connectivity index (χ2v) is 11.8. The lowest BCUT2D eigenvalue weighted by atomic mass is 9.98. The Morgan fingerprint density at radius 2 is 1.38 bits per heavy atom. The van der Waals surface area contributed by atoms with Crippen molar-refractivity contribution in [3.05, 3.63) is 130 Å². The molecular weight excluding hydrogens is 600 g/mol. The predicted molar refractivity (Wildman–Crippen MR) is 176 cm³/mol. The SMILES string of the molecule is C[C@H](NC(=O)OCC1c2ccccc2-c2ccccc21)C(=O)NC(Cc1ccccc1)NC(=O)C(C)(C)Oc1ccccc1[N+](=O)[O-]. The van der Waals surface area contributed by atoms with Gasteiger partial charge in [-0.15, -0.1) is 0 Å². The summed E-state index contributed by atoms with van der Waals surface area (Å²) >= 11 is 0. The van der Waals surface area contributed by atoms with Gasteiger partial charge in [0.15, 0.2) is 11.4 Å². The second kappa shape index (κ2) is 14.2. The number of hydrogen-bond donors (Lipinski definition) is 3. The van der Waals surface area contributed by atoms with E-state index in [1.54, 1.807) is 6.07 Å². The number of alkyl carbamates (subject to hydrolysis) is 1. The van der Waals surface area contributed by atoms with Crippen LogP contribution in [-0.4, -0.2) is 47.2 Å². The van der Waals surface area contributed by atoms with Crippen molar-refractivity contribution in [1.82, 2.24) is 16.0 Å². The van der Waals surface area contributed by atoms with Crippen LogP contribution in [-0.2, 0) is 20.7 Å². The van der Waals surface area contributed by atoms with Gasteiger partial charge in [0.05, 0.1) is 4.92 Å². The third-order valence-corrected chi connectivity index (χ3v) is 7.95. The Bertz CT molecular complexity index is 1730.